The van der Waals surface area contributed by atoms with Gasteiger partial charge in [-0.3, -0.25) is 19.3 Å². The molecule has 22 heavy (non-hydrogen) atoms. The van der Waals surface area contributed by atoms with Crippen molar-refractivity contribution >= 4 is 17.7 Å². The number of rotatable bonds is 2. The summed E-state index contributed by atoms with van der Waals surface area (Å²) < 4.78 is 0. The lowest BCUT2D eigenvalue weighted by Gasteiger charge is -2.42. The minimum absolute atomic E-state index is 0.00929. The van der Waals surface area contributed by atoms with Gasteiger partial charge in [0.15, 0.2) is 0 Å². The van der Waals surface area contributed by atoms with E-state index in [0.717, 1.165) is 38.5 Å². The Kier molecular flexibility index (Phi) is 3.46. The zero-order valence-corrected chi connectivity index (χ0v) is 13.0. The van der Waals surface area contributed by atoms with E-state index in [-0.39, 0.29) is 35.9 Å². The Balaban J connectivity index is 1.48. The van der Waals surface area contributed by atoms with Crippen LogP contribution in [-0.4, -0.2) is 45.6 Å². The molecule has 5 nitrogen and oxygen atoms in total. The van der Waals surface area contributed by atoms with Gasteiger partial charge in [0.25, 0.3) is 0 Å². The van der Waals surface area contributed by atoms with Crippen LogP contribution in [0.2, 0.25) is 0 Å². The minimum atomic E-state index is -0.00929. The summed E-state index contributed by atoms with van der Waals surface area (Å²) in [5.74, 6) is 0.562. The van der Waals surface area contributed by atoms with E-state index in [1.165, 1.54) is 17.7 Å². The van der Waals surface area contributed by atoms with Crippen LogP contribution >= 0.6 is 0 Å². The predicted molar refractivity (Wildman–Crippen MR) is 79.7 cm³/mol. The molecule has 2 bridgehead atoms. The molecule has 0 aromatic heterocycles. The number of likely N-dealkylation sites (tertiary alicyclic amines) is 1. The van der Waals surface area contributed by atoms with Gasteiger partial charge in [-0.1, -0.05) is 12.8 Å². The SMILES string of the molecule is O=C1CCC(=O)N1C1CC2CCC(C1)N2C(=O)C1CCCC1. The van der Waals surface area contributed by atoms with Crippen molar-refractivity contribution in [2.75, 3.05) is 0 Å². The molecule has 4 aliphatic rings. The average Bonchev–Trinajstić information content (AvgIpc) is 3.19. The maximum Gasteiger partial charge on any atom is 0.229 e. The lowest BCUT2D eigenvalue weighted by atomic mass is 9.93. The van der Waals surface area contributed by atoms with Crippen molar-refractivity contribution in [3.05, 3.63) is 0 Å². The van der Waals surface area contributed by atoms with Gasteiger partial charge in [-0.2, -0.15) is 0 Å². The van der Waals surface area contributed by atoms with Crippen LogP contribution in [0, 0.1) is 5.92 Å². The normalized spacial score (nSPS) is 35.7. The van der Waals surface area contributed by atoms with Gasteiger partial charge >= 0.3 is 0 Å². The van der Waals surface area contributed by atoms with Gasteiger partial charge in [0.1, 0.15) is 0 Å². The number of piperidine rings is 1. The topological polar surface area (TPSA) is 57.7 Å². The second kappa shape index (κ2) is 5.36. The molecule has 3 amide bonds. The molecule has 0 N–H and O–H groups in total. The number of amides is 3. The lowest BCUT2D eigenvalue weighted by molar-refractivity contribution is -0.146. The number of imide groups is 1. The smallest absolute Gasteiger partial charge is 0.229 e. The van der Waals surface area contributed by atoms with E-state index in [2.05, 4.69) is 4.90 Å². The summed E-state index contributed by atoms with van der Waals surface area (Å²) >= 11 is 0. The number of hydrogen-bond donors (Lipinski definition) is 0. The minimum Gasteiger partial charge on any atom is -0.336 e. The molecule has 3 aliphatic heterocycles. The Bertz CT molecular complexity index is 482. The summed E-state index contributed by atoms with van der Waals surface area (Å²) in [5.41, 5.74) is 0. The van der Waals surface area contributed by atoms with Gasteiger partial charge in [-0.15, -0.1) is 0 Å². The van der Waals surface area contributed by atoms with Crippen LogP contribution in [0.25, 0.3) is 0 Å². The molecule has 1 aliphatic carbocycles. The number of nitrogens with zero attached hydrogens (tertiary/aromatic N) is 2. The van der Waals surface area contributed by atoms with Crippen LogP contribution < -0.4 is 0 Å². The fourth-order valence-corrected chi connectivity index (χ4v) is 5.10. The van der Waals surface area contributed by atoms with Crippen molar-refractivity contribution in [1.82, 2.24) is 9.80 Å². The standard InChI is InChI=1S/C17H24N2O3/c20-15-7-8-16(21)19(15)14-9-12-5-6-13(10-14)18(12)17(22)11-3-1-2-4-11/h11-14H,1-10H2. The Morgan fingerprint density at radius 2 is 1.36 bits per heavy atom. The van der Waals surface area contributed by atoms with Crippen LogP contribution in [0.1, 0.15) is 64.2 Å². The maximum atomic E-state index is 12.8. The average molecular weight is 304 g/mol. The van der Waals surface area contributed by atoms with Gasteiger partial charge in [0.05, 0.1) is 0 Å². The highest BCUT2D eigenvalue weighted by Crippen LogP contribution is 2.41. The fourth-order valence-electron chi connectivity index (χ4n) is 5.10. The Hall–Kier alpha value is -1.39. The van der Waals surface area contributed by atoms with Crippen molar-refractivity contribution < 1.29 is 14.4 Å². The first-order valence-electron chi connectivity index (χ1n) is 8.82. The van der Waals surface area contributed by atoms with E-state index < -0.39 is 0 Å². The third-order valence-electron chi connectivity index (χ3n) is 6.12. The second-order valence-corrected chi connectivity index (χ2v) is 7.39. The quantitative estimate of drug-likeness (QED) is 0.732. The summed E-state index contributed by atoms with van der Waals surface area (Å²) in [6.07, 6.45) is 8.86. The van der Waals surface area contributed by atoms with Crippen LogP contribution in [0.5, 0.6) is 0 Å². The van der Waals surface area contributed by atoms with Crippen LogP contribution in [-0.2, 0) is 14.4 Å². The molecular weight excluding hydrogens is 280 g/mol. The summed E-state index contributed by atoms with van der Waals surface area (Å²) in [6, 6.07) is 0.531. The summed E-state index contributed by atoms with van der Waals surface area (Å²) in [7, 11) is 0. The highest BCUT2D eigenvalue weighted by atomic mass is 16.2. The van der Waals surface area contributed by atoms with Crippen molar-refractivity contribution in [1.29, 1.82) is 0 Å². The molecule has 0 aromatic carbocycles. The molecule has 1 saturated carbocycles. The first kappa shape index (κ1) is 14.2. The molecule has 3 heterocycles. The first-order chi connectivity index (χ1) is 10.6. The Morgan fingerprint density at radius 1 is 0.818 bits per heavy atom. The zero-order chi connectivity index (χ0) is 15.3. The van der Waals surface area contributed by atoms with Crippen molar-refractivity contribution in [2.45, 2.75) is 82.3 Å². The number of hydrogen-bond acceptors (Lipinski definition) is 3. The van der Waals surface area contributed by atoms with Crippen molar-refractivity contribution in [2.24, 2.45) is 5.92 Å². The van der Waals surface area contributed by atoms with E-state index in [1.54, 1.807) is 0 Å². The first-order valence-corrected chi connectivity index (χ1v) is 8.82. The van der Waals surface area contributed by atoms with Gasteiger partial charge in [-0.05, 0) is 38.5 Å². The molecule has 0 spiro atoms. The largest absolute Gasteiger partial charge is 0.336 e. The molecule has 0 radical (unpaired) electrons. The third kappa shape index (κ3) is 2.17. The Labute approximate surface area is 131 Å². The van der Waals surface area contributed by atoms with Crippen LogP contribution in [0.4, 0.5) is 0 Å². The molecule has 4 fully saturated rings. The number of fused-ring (bicyclic) bond motifs is 2. The summed E-state index contributed by atoms with van der Waals surface area (Å²) in [6.45, 7) is 0. The monoisotopic (exact) mass is 304 g/mol. The van der Waals surface area contributed by atoms with E-state index in [0.29, 0.717) is 18.7 Å². The highest BCUT2D eigenvalue weighted by molar-refractivity contribution is 6.02. The van der Waals surface area contributed by atoms with Gasteiger partial charge < -0.3 is 4.90 Å². The zero-order valence-electron chi connectivity index (χ0n) is 13.0. The fraction of sp³-hybridized carbons (Fsp3) is 0.824. The van der Waals surface area contributed by atoms with Gasteiger partial charge in [0.2, 0.25) is 17.7 Å². The lowest BCUT2D eigenvalue weighted by Crippen LogP contribution is -2.54. The van der Waals surface area contributed by atoms with Crippen molar-refractivity contribution in [3.8, 4) is 0 Å². The van der Waals surface area contributed by atoms with Gasteiger partial charge in [0, 0.05) is 36.9 Å². The molecule has 5 heteroatoms. The third-order valence-corrected chi connectivity index (χ3v) is 6.12. The molecule has 4 rings (SSSR count). The summed E-state index contributed by atoms with van der Waals surface area (Å²) in [5, 5.41) is 0. The van der Waals surface area contributed by atoms with E-state index in [1.807, 2.05) is 0 Å². The molecule has 0 aromatic rings. The van der Waals surface area contributed by atoms with Crippen LogP contribution in [0.3, 0.4) is 0 Å². The molecular formula is C17H24N2O3. The molecule has 120 valence electrons. The maximum absolute atomic E-state index is 12.8. The molecule has 2 atom stereocenters. The summed E-state index contributed by atoms with van der Waals surface area (Å²) in [4.78, 5) is 40.4. The van der Waals surface area contributed by atoms with Crippen molar-refractivity contribution in [3.63, 3.8) is 0 Å². The van der Waals surface area contributed by atoms with E-state index >= 15 is 0 Å². The van der Waals surface area contributed by atoms with E-state index in [4.69, 9.17) is 0 Å². The Morgan fingerprint density at radius 3 is 1.91 bits per heavy atom. The molecule has 2 unspecified atom stereocenters. The number of carbonyl (C=O) groups excluding carboxylic acids is 3. The number of carbonyl (C=O) groups is 3. The van der Waals surface area contributed by atoms with E-state index in [9.17, 15) is 14.4 Å². The second-order valence-electron chi connectivity index (χ2n) is 7.39. The van der Waals surface area contributed by atoms with Crippen LogP contribution in [0.15, 0.2) is 0 Å². The highest BCUT2D eigenvalue weighted by Gasteiger charge is 2.48. The molecule has 3 saturated heterocycles. The predicted octanol–water partition coefficient (Wildman–Crippen LogP) is 1.85. The van der Waals surface area contributed by atoms with Gasteiger partial charge in [-0.25, -0.2) is 0 Å².